The molecule has 1 unspecified atom stereocenters. The first-order chi connectivity index (χ1) is 8.51. The van der Waals surface area contributed by atoms with Gasteiger partial charge in [-0.2, -0.15) is 0 Å². The van der Waals surface area contributed by atoms with Gasteiger partial charge in [0.1, 0.15) is 0 Å². The van der Waals surface area contributed by atoms with Crippen molar-refractivity contribution in [2.75, 3.05) is 18.5 Å². The maximum absolute atomic E-state index is 12.5. The van der Waals surface area contributed by atoms with Gasteiger partial charge in [0, 0.05) is 17.6 Å². The molecule has 0 fully saturated rings. The zero-order valence-electron chi connectivity index (χ0n) is 11.7. The predicted octanol–water partition coefficient (Wildman–Crippen LogP) is 2.31. The highest BCUT2D eigenvalue weighted by atomic mass is 16.2. The lowest BCUT2D eigenvalue weighted by Gasteiger charge is -2.24. The average molecular weight is 246 g/mol. The van der Waals surface area contributed by atoms with E-state index in [0.29, 0.717) is 0 Å². The number of para-hydroxylation sites is 1. The van der Waals surface area contributed by atoms with E-state index in [0.717, 1.165) is 18.7 Å². The van der Waals surface area contributed by atoms with Crippen LogP contribution in [-0.2, 0) is 10.2 Å². The van der Waals surface area contributed by atoms with Gasteiger partial charge in [0.15, 0.2) is 0 Å². The summed E-state index contributed by atoms with van der Waals surface area (Å²) in [5.74, 6) is 0.179. The van der Waals surface area contributed by atoms with Crippen LogP contribution in [0.25, 0.3) is 0 Å². The van der Waals surface area contributed by atoms with Crippen LogP contribution in [0, 0.1) is 0 Å². The predicted molar refractivity (Wildman–Crippen MR) is 75.0 cm³/mol. The Balaban J connectivity index is 2.36. The summed E-state index contributed by atoms with van der Waals surface area (Å²) in [6.45, 7) is 7.19. The minimum atomic E-state index is -0.0908. The molecule has 1 aliphatic rings. The number of anilines is 1. The quantitative estimate of drug-likeness (QED) is 0.887. The second-order valence-electron chi connectivity index (χ2n) is 5.57. The molecule has 1 aromatic rings. The van der Waals surface area contributed by atoms with Crippen LogP contribution in [-0.4, -0.2) is 25.5 Å². The first-order valence-corrected chi connectivity index (χ1v) is 6.59. The summed E-state index contributed by atoms with van der Waals surface area (Å²) in [6.07, 6.45) is 0.814. The third-order valence-electron chi connectivity index (χ3n) is 3.80. The molecular weight excluding hydrogens is 224 g/mol. The Labute approximate surface area is 109 Å². The van der Waals surface area contributed by atoms with Crippen LogP contribution in [0.3, 0.4) is 0 Å². The van der Waals surface area contributed by atoms with E-state index < -0.39 is 0 Å². The maximum atomic E-state index is 12.5. The number of carbonyl (C=O) groups is 1. The van der Waals surface area contributed by atoms with Gasteiger partial charge in [0.25, 0.3) is 0 Å². The van der Waals surface area contributed by atoms with E-state index in [9.17, 15) is 4.79 Å². The van der Waals surface area contributed by atoms with Crippen molar-refractivity contribution in [3.05, 3.63) is 29.8 Å². The molecule has 0 spiro atoms. The number of likely N-dealkylation sites (N-methyl/N-ethyl adjacent to an activating group) is 1. The second kappa shape index (κ2) is 4.73. The number of nitrogens with zero attached hydrogens (tertiary/aromatic N) is 1. The SMILES string of the molecule is CCC(NC)C(=O)N1CC(C)(C)c2ccccc21. The monoisotopic (exact) mass is 246 g/mol. The van der Waals surface area contributed by atoms with Gasteiger partial charge in [-0.25, -0.2) is 0 Å². The fourth-order valence-corrected chi connectivity index (χ4v) is 2.73. The minimum Gasteiger partial charge on any atom is -0.310 e. The first kappa shape index (κ1) is 13.1. The van der Waals surface area contributed by atoms with Crippen LogP contribution in [0.1, 0.15) is 32.8 Å². The number of fused-ring (bicyclic) bond motifs is 1. The lowest BCUT2D eigenvalue weighted by atomic mass is 9.87. The van der Waals surface area contributed by atoms with E-state index in [1.165, 1.54) is 5.56 Å². The van der Waals surface area contributed by atoms with Crippen LogP contribution in [0.4, 0.5) is 5.69 Å². The number of nitrogens with one attached hydrogen (secondary N) is 1. The van der Waals surface area contributed by atoms with Crippen molar-refractivity contribution >= 4 is 11.6 Å². The fourth-order valence-electron chi connectivity index (χ4n) is 2.73. The number of rotatable bonds is 3. The largest absolute Gasteiger partial charge is 0.310 e. The molecule has 0 saturated carbocycles. The van der Waals surface area contributed by atoms with Crippen LogP contribution < -0.4 is 10.2 Å². The number of hydrogen-bond donors (Lipinski definition) is 1. The molecule has 1 amide bonds. The molecule has 0 aromatic heterocycles. The van der Waals surface area contributed by atoms with Gasteiger partial charge in [0.05, 0.1) is 6.04 Å². The molecule has 3 nitrogen and oxygen atoms in total. The van der Waals surface area contributed by atoms with E-state index >= 15 is 0 Å². The molecule has 1 heterocycles. The Morgan fingerprint density at radius 3 is 2.72 bits per heavy atom. The number of benzene rings is 1. The van der Waals surface area contributed by atoms with Gasteiger partial charge in [-0.1, -0.05) is 39.0 Å². The highest BCUT2D eigenvalue weighted by Crippen LogP contribution is 2.40. The summed E-state index contributed by atoms with van der Waals surface area (Å²) < 4.78 is 0. The molecule has 0 saturated heterocycles. The average Bonchev–Trinajstić information content (AvgIpc) is 2.64. The van der Waals surface area contributed by atoms with Gasteiger partial charge < -0.3 is 10.2 Å². The Bertz CT molecular complexity index is 450. The Kier molecular flexibility index (Phi) is 3.44. The smallest absolute Gasteiger partial charge is 0.244 e. The van der Waals surface area contributed by atoms with Crippen molar-refractivity contribution < 1.29 is 4.79 Å². The molecule has 2 rings (SSSR count). The van der Waals surface area contributed by atoms with Crippen LogP contribution >= 0.6 is 0 Å². The van der Waals surface area contributed by atoms with E-state index in [2.05, 4.69) is 25.2 Å². The van der Waals surface area contributed by atoms with Crippen LogP contribution in [0.15, 0.2) is 24.3 Å². The summed E-state index contributed by atoms with van der Waals surface area (Å²) in [7, 11) is 1.85. The summed E-state index contributed by atoms with van der Waals surface area (Å²) in [6, 6.07) is 8.13. The number of carbonyl (C=O) groups excluding carboxylic acids is 1. The lowest BCUT2D eigenvalue weighted by molar-refractivity contribution is -0.120. The molecule has 0 radical (unpaired) electrons. The van der Waals surface area contributed by atoms with E-state index in [1.807, 2.05) is 37.1 Å². The topological polar surface area (TPSA) is 32.3 Å². The van der Waals surface area contributed by atoms with Crippen LogP contribution in [0.2, 0.25) is 0 Å². The van der Waals surface area contributed by atoms with Crippen molar-refractivity contribution in [2.45, 2.75) is 38.6 Å². The molecular formula is C15H22N2O. The summed E-state index contributed by atoms with van der Waals surface area (Å²) >= 11 is 0. The molecule has 98 valence electrons. The summed E-state index contributed by atoms with van der Waals surface area (Å²) in [5, 5.41) is 3.10. The second-order valence-corrected chi connectivity index (χ2v) is 5.57. The normalized spacial score (nSPS) is 18.6. The summed E-state index contributed by atoms with van der Waals surface area (Å²) in [5.41, 5.74) is 2.38. The number of hydrogen-bond acceptors (Lipinski definition) is 2. The Hall–Kier alpha value is -1.35. The van der Waals surface area contributed by atoms with Gasteiger partial charge >= 0.3 is 0 Å². The van der Waals surface area contributed by atoms with Gasteiger partial charge in [-0.3, -0.25) is 4.79 Å². The fraction of sp³-hybridized carbons (Fsp3) is 0.533. The molecule has 0 aliphatic carbocycles. The summed E-state index contributed by atoms with van der Waals surface area (Å²) in [4.78, 5) is 14.5. The van der Waals surface area contributed by atoms with Crippen molar-refractivity contribution in [2.24, 2.45) is 0 Å². The maximum Gasteiger partial charge on any atom is 0.244 e. The van der Waals surface area contributed by atoms with Gasteiger partial charge in [-0.15, -0.1) is 0 Å². The number of amides is 1. The third kappa shape index (κ3) is 2.03. The molecule has 0 bridgehead atoms. The van der Waals surface area contributed by atoms with Crippen molar-refractivity contribution in [1.29, 1.82) is 0 Å². The highest BCUT2D eigenvalue weighted by molar-refractivity contribution is 5.99. The Morgan fingerprint density at radius 1 is 1.44 bits per heavy atom. The molecule has 1 N–H and O–H groups in total. The van der Waals surface area contributed by atoms with Gasteiger partial charge in [-0.05, 0) is 25.1 Å². The Morgan fingerprint density at radius 2 is 2.11 bits per heavy atom. The zero-order chi connectivity index (χ0) is 13.3. The first-order valence-electron chi connectivity index (χ1n) is 6.59. The van der Waals surface area contributed by atoms with Crippen molar-refractivity contribution in [3.63, 3.8) is 0 Å². The molecule has 18 heavy (non-hydrogen) atoms. The molecule has 3 heteroatoms. The lowest BCUT2D eigenvalue weighted by Crippen LogP contribution is -2.45. The van der Waals surface area contributed by atoms with E-state index in [1.54, 1.807) is 0 Å². The van der Waals surface area contributed by atoms with E-state index in [-0.39, 0.29) is 17.4 Å². The van der Waals surface area contributed by atoms with Gasteiger partial charge in [0.2, 0.25) is 5.91 Å². The third-order valence-corrected chi connectivity index (χ3v) is 3.80. The molecule has 1 atom stereocenters. The van der Waals surface area contributed by atoms with Crippen LogP contribution in [0.5, 0.6) is 0 Å². The standard InChI is InChI=1S/C15H22N2O/c1-5-12(16-4)14(18)17-10-15(2,3)11-8-6-7-9-13(11)17/h6-9,12,16H,5,10H2,1-4H3. The highest BCUT2D eigenvalue weighted by Gasteiger charge is 2.38. The van der Waals surface area contributed by atoms with E-state index in [4.69, 9.17) is 0 Å². The minimum absolute atomic E-state index is 0.0400. The zero-order valence-corrected chi connectivity index (χ0v) is 11.7. The molecule has 1 aromatic carbocycles. The molecule has 1 aliphatic heterocycles. The van der Waals surface area contributed by atoms with Crippen molar-refractivity contribution in [3.8, 4) is 0 Å². The van der Waals surface area contributed by atoms with Crippen molar-refractivity contribution in [1.82, 2.24) is 5.32 Å².